The maximum atomic E-state index is 13.4. The molecule has 1 atom stereocenters. The molecule has 0 radical (unpaired) electrons. The van der Waals surface area contributed by atoms with Crippen LogP contribution in [0.2, 0.25) is 0 Å². The number of hydrogen-bond acceptors (Lipinski definition) is 5. The van der Waals surface area contributed by atoms with Gasteiger partial charge in [-0.15, -0.1) is 0 Å². The van der Waals surface area contributed by atoms with Crippen molar-refractivity contribution in [3.05, 3.63) is 60.2 Å². The van der Waals surface area contributed by atoms with Crippen LogP contribution >= 0.6 is 0 Å². The highest BCUT2D eigenvalue weighted by Gasteiger charge is 2.46. The molecule has 2 aliphatic rings. The zero-order valence-corrected chi connectivity index (χ0v) is 17.4. The predicted molar refractivity (Wildman–Crippen MR) is 112 cm³/mol. The molecule has 2 aromatic carbocycles. The molecule has 1 fully saturated rings. The molecule has 0 bridgehead atoms. The van der Waals surface area contributed by atoms with Gasteiger partial charge in [-0.2, -0.15) is 0 Å². The van der Waals surface area contributed by atoms with Crippen LogP contribution in [0, 0.1) is 5.92 Å². The SMILES string of the molecule is CC(C)CN1C(=O)C(=O)N(CC(=O)N2c3ccccc3OC[C@@H]2c2ccccc2)C1=O. The molecule has 31 heavy (non-hydrogen) atoms. The van der Waals surface area contributed by atoms with E-state index < -0.39 is 36.3 Å². The molecule has 0 aliphatic carbocycles. The zero-order chi connectivity index (χ0) is 22.1. The summed E-state index contributed by atoms with van der Waals surface area (Å²) < 4.78 is 5.86. The number of imide groups is 2. The van der Waals surface area contributed by atoms with Crippen LogP contribution in [0.3, 0.4) is 0 Å². The van der Waals surface area contributed by atoms with Crippen LogP contribution in [0.15, 0.2) is 54.6 Å². The molecule has 0 N–H and O–H groups in total. The van der Waals surface area contributed by atoms with Crippen molar-refractivity contribution in [1.29, 1.82) is 0 Å². The van der Waals surface area contributed by atoms with Crippen LogP contribution in [0.4, 0.5) is 10.5 Å². The number of amides is 5. The molecule has 0 saturated carbocycles. The van der Waals surface area contributed by atoms with Gasteiger partial charge in [-0.25, -0.2) is 9.69 Å². The van der Waals surface area contributed by atoms with Crippen LogP contribution in [0.25, 0.3) is 0 Å². The lowest BCUT2D eigenvalue weighted by Gasteiger charge is -2.37. The van der Waals surface area contributed by atoms with E-state index >= 15 is 0 Å². The summed E-state index contributed by atoms with van der Waals surface area (Å²) in [5.74, 6) is -1.79. The van der Waals surface area contributed by atoms with Crippen molar-refractivity contribution in [3.63, 3.8) is 0 Å². The van der Waals surface area contributed by atoms with E-state index in [0.717, 1.165) is 15.4 Å². The second-order valence-corrected chi connectivity index (χ2v) is 7.95. The van der Waals surface area contributed by atoms with Gasteiger partial charge in [-0.05, 0) is 23.6 Å². The fourth-order valence-electron chi connectivity index (χ4n) is 3.85. The Morgan fingerprint density at radius 2 is 1.61 bits per heavy atom. The fourth-order valence-corrected chi connectivity index (χ4v) is 3.85. The molecule has 160 valence electrons. The third-order valence-corrected chi connectivity index (χ3v) is 5.26. The van der Waals surface area contributed by atoms with E-state index in [1.165, 1.54) is 0 Å². The Balaban J connectivity index is 1.64. The van der Waals surface area contributed by atoms with E-state index in [0.29, 0.717) is 11.4 Å². The minimum absolute atomic E-state index is 0.00457. The number of hydrogen-bond donors (Lipinski definition) is 0. The van der Waals surface area contributed by atoms with Gasteiger partial charge in [0, 0.05) is 6.54 Å². The quantitative estimate of drug-likeness (QED) is 0.547. The lowest BCUT2D eigenvalue weighted by atomic mass is 10.0. The second-order valence-electron chi connectivity index (χ2n) is 7.95. The van der Waals surface area contributed by atoms with Crippen molar-refractivity contribution in [2.75, 3.05) is 24.6 Å². The number of anilines is 1. The summed E-state index contributed by atoms with van der Waals surface area (Å²) in [4.78, 5) is 54.0. The van der Waals surface area contributed by atoms with Gasteiger partial charge in [-0.1, -0.05) is 56.3 Å². The highest BCUT2D eigenvalue weighted by Crippen LogP contribution is 2.39. The van der Waals surface area contributed by atoms with Gasteiger partial charge in [0.25, 0.3) is 0 Å². The van der Waals surface area contributed by atoms with Gasteiger partial charge in [0.05, 0.1) is 11.7 Å². The summed E-state index contributed by atoms with van der Waals surface area (Å²) in [6.07, 6.45) is 0. The molecule has 5 amide bonds. The minimum atomic E-state index is -0.975. The molecule has 0 spiro atoms. The molecule has 0 unspecified atom stereocenters. The summed E-state index contributed by atoms with van der Waals surface area (Å²) in [5, 5.41) is 0. The third-order valence-electron chi connectivity index (χ3n) is 5.26. The van der Waals surface area contributed by atoms with Gasteiger partial charge >= 0.3 is 17.8 Å². The van der Waals surface area contributed by atoms with Crippen LogP contribution in [-0.2, 0) is 14.4 Å². The maximum Gasteiger partial charge on any atom is 0.334 e. The average molecular weight is 421 g/mol. The molecule has 8 nitrogen and oxygen atoms in total. The summed E-state index contributed by atoms with van der Waals surface area (Å²) in [5.41, 5.74) is 1.42. The van der Waals surface area contributed by atoms with E-state index in [1.54, 1.807) is 29.2 Å². The van der Waals surface area contributed by atoms with Gasteiger partial charge < -0.3 is 4.74 Å². The normalized spacial score (nSPS) is 18.5. The molecule has 0 aromatic heterocycles. The van der Waals surface area contributed by atoms with Crippen molar-refractivity contribution >= 4 is 29.4 Å². The highest BCUT2D eigenvalue weighted by atomic mass is 16.5. The predicted octanol–water partition coefficient (Wildman–Crippen LogP) is 2.60. The first-order valence-corrected chi connectivity index (χ1v) is 10.1. The van der Waals surface area contributed by atoms with Crippen molar-refractivity contribution in [2.45, 2.75) is 19.9 Å². The van der Waals surface area contributed by atoms with Crippen molar-refractivity contribution in [1.82, 2.24) is 9.80 Å². The van der Waals surface area contributed by atoms with E-state index in [1.807, 2.05) is 44.2 Å². The van der Waals surface area contributed by atoms with Gasteiger partial charge in [0.15, 0.2) is 0 Å². The average Bonchev–Trinajstić information content (AvgIpc) is 2.96. The summed E-state index contributed by atoms with van der Waals surface area (Å²) in [6, 6.07) is 15.3. The first kappa shape index (κ1) is 20.6. The first-order chi connectivity index (χ1) is 14.9. The Hall–Kier alpha value is -3.68. The Morgan fingerprint density at radius 1 is 0.968 bits per heavy atom. The number of fused-ring (bicyclic) bond motifs is 1. The van der Waals surface area contributed by atoms with Crippen LogP contribution in [-0.4, -0.2) is 53.2 Å². The molecule has 4 rings (SSSR count). The Kier molecular flexibility index (Phi) is 5.46. The Bertz CT molecular complexity index is 1040. The van der Waals surface area contributed by atoms with Crippen LogP contribution in [0.1, 0.15) is 25.5 Å². The molecular formula is C23H23N3O5. The fraction of sp³-hybridized carbons (Fsp3) is 0.304. The van der Waals surface area contributed by atoms with Crippen molar-refractivity contribution in [3.8, 4) is 5.75 Å². The number of ether oxygens (including phenoxy) is 1. The summed E-state index contributed by atoms with van der Waals surface area (Å²) in [7, 11) is 0. The van der Waals surface area contributed by atoms with Crippen LogP contribution < -0.4 is 9.64 Å². The molecule has 8 heteroatoms. The molecule has 2 aliphatic heterocycles. The summed E-state index contributed by atoms with van der Waals surface area (Å²) >= 11 is 0. The largest absolute Gasteiger partial charge is 0.489 e. The standard InChI is InChI=1S/C23H23N3O5/c1-15(2)12-24-21(28)22(29)25(23(24)30)13-20(27)26-17-10-6-7-11-19(17)31-14-18(26)16-8-4-3-5-9-16/h3-11,15,18H,12-14H2,1-2H3/t18-/m1/s1. The van der Waals surface area contributed by atoms with E-state index in [-0.39, 0.29) is 19.1 Å². The summed E-state index contributed by atoms with van der Waals surface area (Å²) in [6.45, 7) is 3.52. The van der Waals surface area contributed by atoms with Gasteiger partial charge in [-0.3, -0.25) is 24.2 Å². The number of para-hydroxylation sites is 2. The number of rotatable bonds is 5. The van der Waals surface area contributed by atoms with Gasteiger partial charge in [0.2, 0.25) is 5.91 Å². The lowest BCUT2D eigenvalue weighted by Crippen LogP contribution is -2.47. The monoisotopic (exact) mass is 421 g/mol. The van der Waals surface area contributed by atoms with Crippen molar-refractivity contribution < 1.29 is 23.9 Å². The minimum Gasteiger partial charge on any atom is -0.489 e. The third kappa shape index (κ3) is 3.76. The number of urea groups is 1. The Labute approximate surface area is 180 Å². The zero-order valence-electron chi connectivity index (χ0n) is 17.4. The van der Waals surface area contributed by atoms with Gasteiger partial charge in [0.1, 0.15) is 18.9 Å². The molecular weight excluding hydrogens is 398 g/mol. The Morgan fingerprint density at radius 3 is 2.32 bits per heavy atom. The number of benzene rings is 2. The number of nitrogens with zero attached hydrogens (tertiary/aromatic N) is 3. The smallest absolute Gasteiger partial charge is 0.334 e. The molecule has 2 aromatic rings. The molecule has 1 saturated heterocycles. The van der Waals surface area contributed by atoms with Crippen molar-refractivity contribution in [2.24, 2.45) is 5.92 Å². The van der Waals surface area contributed by atoms with E-state index in [2.05, 4.69) is 0 Å². The number of carbonyl (C=O) groups excluding carboxylic acids is 4. The first-order valence-electron chi connectivity index (χ1n) is 10.1. The molecule has 2 heterocycles. The van der Waals surface area contributed by atoms with Crippen LogP contribution in [0.5, 0.6) is 5.75 Å². The van der Waals surface area contributed by atoms with E-state index in [9.17, 15) is 19.2 Å². The topological polar surface area (TPSA) is 87.2 Å². The maximum absolute atomic E-state index is 13.4. The second kappa shape index (κ2) is 8.22. The highest BCUT2D eigenvalue weighted by molar-refractivity contribution is 6.45. The van der Waals surface area contributed by atoms with E-state index in [4.69, 9.17) is 4.74 Å². The lowest BCUT2D eigenvalue weighted by molar-refractivity contribution is -0.144. The number of carbonyl (C=O) groups is 4.